The van der Waals surface area contributed by atoms with E-state index in [0.717, 1.165) is 17.7 Å². The third-order valence-electron chi connectivity index (χ3n) is 5.28. The highest BCUT2D eigenvalue weighted by atomic mass is 32.1. The molecule has 0 saturated carbocycles. The summed E-state index contributed by atoms with van der Waals surface area (Å²) in [6.07, 6.45) is 0.971. The highest BCUT2D eigenvalue weighted by molar-refractivity contribution is 7.80. The van der Waals surface area contributed by atoms with Crippen molar-refractivity contribution in [3.05, 3.63) is 95.6 Å². The topological polar surface area (TPSA) is 70.7 Å². The number of benzene rings is 3. The number of carbonyl (C=O) groups is 2. The Morgan fingerprint density at radius 1 is 0.943 bits per heavy atom. The van der Waals surface area contributed by atoms with Gasteiger partial charge in [-0.3, -0.25) is 14.9 Å². The lowest BCUT2D eigenvalue weighted by Gasteiger charge is -2.18. The zero-order valence-corrected chi connectivity index (χ0v) is 21.1. The molecule has 0 aromatic heterocycles. The van der Waals surface area contributed by atoms with Gasteiger partial charge in [0.15, 0.2) is 5.11 Å². The van der Waals surface area contributed by atoms with Crippen LogP contribution in [0.25, 0.3) is 0 Å². The fourth-order valence-electron chi connectivity index (χ4n) is 3.33. The second-order valence-electron chi connectivity index (χ2n) is 8.69. The van der Waals surface area contributed by atoms with Crippen molar-refractivity contribution in [3.63, 3.8) is 0 Å². The van der Waals surface area contributed by atoms with E-state index >= 15 is 0 Å². The number of hydrogen-bond donors (Lipinski definition) is 2. The maximum Gasteiger partial charge on any atom is 0.257 e. The van der Waals surface area contributed by atoms with Crippen LogP contribution in [0, 0.1) is 5.92 Å². The van der Waals surface area contributed by atoms with Gasteiger partial charge in [-0.05, 0) is 72.6 Å². The Hall–Kier alpha value is -3.71. The summed E-state index contributed by atoms with van der Waals surface area (Å²) in [5.74, 6) is 0.860. The molecule has 3 aromatic rings. The first-order valence-electron chi connectivity index (χ1n) is 11.6. The first-order chi connectivity index (χ1) is 16.8. The summed E-state index contributed by atoms with van der Waals surface area (Å²) >= 11 is 5.30. The van der Waals surface area contributed by atoms with Gasteiger partial charge in [-0.1, -0.05) is 50.2 Å². The van der Waals surface area contributed by atoms with Gasteiger partial charge >= 0.3 is 0 Å². The molecule has 35 heavy (non-hydrogen) atoms. The van der Waals surface area contributed by atoms with Crippen molar-refractivity contribution >= 4 is 34.8 Å². The molecule has 0 unspecified atom stereocenters. The molecule has 0 bridgehead atoms. The van der Waals surface area contributed by atoms with Gasteiger partial charge in [-0.15, -0.1) is 0 Å². The molecule has 0 aliphatic heterocycles. The molecule has 0 atom stereocenters. The summed E-state index contributed by atoms with van der Waals surface area (Å²) in [5.41, 5.74) is 2.66. The van der Waals surface area contributed by atoms with Crippen molar-refractivity contribution in [1.29, 1.82) is 0 Å². The van der Waals surface area contributed by atoms with E-state index in [1.54, 1.807) is 60.5 Å². The maximum absolute atomic E-state index is 12.9. The van der Waals surface area contributed by atoms with Gasteiger partial charge in [-0.2, -0.15) is 0 Å². The highest BCUT2D eigenvalue weighted by Crippen LogP contribution is 2.15. The normalized spacial score (nSPS) is 10.5. The Morgan fingerprint density at radius 3 is 2.34 bits per heavy atom. The Morgan fingerprint density at radius 2 is 1.66 bits per heavy atom. The number of carbonyl (C=O) groups excluding carboxylic acids is 2. The average Bonchev–Trinajstić information content (AvgIpc) is 2.84. The summed E-state index contributed by atoms with van der Waals surface area (Å²) in [4.78, 5) is 27.1. The number of amides is 2. The van der Waals surface area contributed by atoms with E-state index in [1.165, 1.54) is 0 Å². The van der Waals surface area contributed by atoms with Gasteiger partial charge in [0.2, 0.25) is 0 Å². The molecule has 2 N–H and O–H groups in total. The zero-order chi connectivity index (χ0) is 25.2. The van der Waals surface area contributed by atoms with E-state index in [9.17, 15) is 9.59 Å². The molecular weight excluding hydrogens is 458 g/mol. The maximum atomic E-state index is 12.9. The van der Waals surface area contributed by atoms with Gasteiger partial charge in [0, 0.05) is 30.4 Å². The van der Waals surface area contributed by atoms with Gasteiger partial charge in [0.1, 0.15) is 5.75 Å². The number of nitrogens with one attached hydrogen (secondary N) is 2. The van der Waals surface area contributed by atoms with Crippen molar-refractivity contribution in [2.24, 2.45) is 5.92 Å². The second-order valence-corrected chi connectivity index (χ2v) is 9.10. The van der Waals surface area contributed by atoms with E-state index < -0.39 is 0 Å². The van der Waals surface area contributed by atoms with Crippen LogP contribution < -0.4 is 15.4 Å². The predicted octanol–water partition coefficient (Wildman–Crippen LogP) is 5.51. The first kappa shape index (κ1) is 25.9. The minimum Gasteiger partial charge on any atom is -0.494 e. The lowest BCUT2D eigenvalue weighted by atomic mass is 10.1. The van der Waals surface area contributed by atoms with E-state index in [4.69, 9.17) is 17.0 Å². The van der Waals surface area contributed by atoms with Crippen LogP contribution in [0.3, 0.4) is 0 Å². The molecule has 7 heteroatoms. The molecule has 3 rings (SSSR count). The number of anilines is 1. The van der Waals surface area contributed by atoms with Crippen LogP contribution in [0.5, 0.6) is 5.75 Å². The van der Waals surface area contributed by atoms with Crippen LogP contribution >= 0.6 is 12.2 Å². The first-order valence-corrected chi connectivity index (χ1v) is 12.0. The Kier molecular flexibility index (Phi) is 9.38. The van der Waals surface area contributed by atoms with Gasteiger partial charge in [0.05, 0.1) is 6.61 Å². The fourth-order valence-corrected chi connectivity index (χ4v) is 3.54. The summed E-state index contributed by atoms with van der Waals surface area (Å²) in [6.45, 7) is 5.44. The molecule has 0 saturated heterocycles. The summed E-state index contributed by atoms with van der Waals surface area (Å²) < 4.78 is 5.69. The number of ether oxygens (including phenoxy) is 1. The SMILES string of the molecule is CC(C)CCOc1ccc(C(=O)NC(=S)Nc2cccc(C(=O)N(C)Cc3ccccc3)c2)cc1. The lowest BCUT2D eigenvalue weighted by molar-refractivity contribution is 0.0785. The van der Waals surface area contributed by atoms with Crippen LogP contribution in [0.1, 0.15) is 46.5 Å². The van der Waals surface area contributed by atoms with E-state index in [2.05, 4.69) is 24.5 Å². The van der Waals surface area contributed by atoms with Crippen LogP contribution in [0.2, 0.25) is 0 Å². The number of thiocarbonyl (C=S) groups is 1. The van der Waals surface area contributed by atoms with E-state index in [-0.39, 0.29) is 16.9 Å². The van der Waals surface area contributed by atoms with Gasteiger partial charge in [-0.25, -0.2) is 0 Å². The van der Waals surface area contributed by atoms with Crippen LogP contribution in [-0.4, -0.2) is 35.5 Å². The largest absolute Gasteiger partial charge is 0.494 e. The molecule has 0 aliphatic rings. The van der Waals surface area contributed by atoms with Crippen molar-refractivity contribution < 1.29 is 14.3 Å². The lowest BCUT2D eigenvalue weighted by Crippen LogP contribution is -2.34. The molecule has 2 amide bonds. The van der Waals surface area contributed by atoms with E-state index in [0.29, 0.717) is 35.9 Å². The second kappa shape index (κ2) is 12.7. The minimum atomic E-state index is -0.328. The smallest absolute Gasteiger partial charge is 0.257 e. The zero-order valence-electron chi connectivity index (χ0n) is 20.3. The number of hydrogen-bond acceptors (Lipinski definition) is 4. The Labute approximate surface area is 212 Å². The standard InChI is InChI=1S/C28H31N3O3S/c1-20(2)16-17-34-25-14-12-22(13-15-25)26(32)30-28(35)29-24-11-7-10-23(18-24)27(33)31(3)19-21-8-5-4-6-9-21/h4-15,18,20H,16-17,19H2,1-3H3,(H2,29,30,32,35). The molecule has 0 aliphatic carbocycles. The van der Waals surface area contributed by atoms with E-state index in [1.807, 2.05) is 30.3 Å². The Bertz CT molecular complexity index is 1150. The molecule has 0 heterocycles. The fraction of sp³-hybridized carbons (Fsp3) is 0.250. The molecule has 182 valence electrons. The predicted molar refractivity (Wildman–Crippen MR) is 144 cm³/mol. The third-order valence-corrected chi connectivity index (χ3v) is 5.49. The summed E-state index contributed by atoms with van der Waals surface area (Å²) in [6, 6.07) is 23.8. The number of nitrogens with zero attached hydrogens (tertiary/aromatic N) is 1. The summed E-state index contributed by atoms with van der Waals surface area (Å²) in [5, 5.41) is 5.80. The van der Waals surface area contributed by atoms with Gasteiger partial charge < -0.3 is 15.0 Å². The molecule has 0 spiro atoms. The Balaban J connectivity index is 1.54. The van der Waals surface area contributed by atoms with Crippen molar-refractivity contribution in [3.8, 4) is 5.75 Å². The molecular formula is C28H31N3O3S. The molecule has 6 nitrogen and oxygen atoms in total. The quantitative estimate of drug-likeness (QED) is 0.388. The van der Waals surface area contributed by atoms with Crippen molar-refractivity contribution in [1.82, 2.24) is 10.2 Å². The highest BCUT2D eigenvalue weighted by Gasteiger charge is 2.14. The van der Waals surface area contributed by atoms with Crippen LogP contribution in [0.4, 0.5) is 5.69 Å². The molecule has 3 aromatic carbocycles. The average molecular weight is 490 g/mol. The van der Waals surface area contributed by atoms with Crippen molar-refractivity contribution in [2.45, 2.75) is 26.8 Å². The summed E-state index contributed by atoms with van der Waals surface area (Å²) in [7, 11) is 1.76. The van der Waals surface area contributed by atoms with Crippen molar-refractivity contribution in [2.75, 3.05) is 19.0 Å². The number of rotatable bonds is 9. The van der Waals surface area contributed by atoms with Crippen LogP contribution in [-0.2, 0) is 6.54 Å². The molecule has 0 fully saturated rings. The minimum absolute atomic E-state index is 0.108. The third kappa shape index (κ3) is 8.22. The van der Waals surface area contributed by atoms with Crippen LogP contribution in [0.15, 0.2) is 78.9 Å². The monoisotopic (exact) mass is 489 g/mol. The van der Waals surface area contributed by atoms with Gasteiger partial charge in [0.25, 0.3) is 11.8 Å². The molecule has 0 radical (unpaired) electrons.